The SMILES string of the molecule is COc1ccccc1C(=O)c1ccc(O)cc1N. The van der Waals surface area contributed by atoms with E-state index in [-0.39, 0.29) is 17.2 Å². The maximum atomic E-state index is 12.3. The summed E-state index contributed by atoms with van der Waals surface area (Å²) in [6, 6.07) is 11.2. The number of hydrogen-bond acceptors (Lipinski definition) is 4. The van der Waals surface area contributed by atoms with E-state index in [0.717, 1.165) is 0 Å². The number of aromatic hydroxyl groups is 1. The number of ether oxygens (including phenoxy) is 1. The zero-order chi connectivity index (χ0) is 13.1. The average Bonchev–Trinajstić information content (AvgIpc) is 2.38. The summed E-state index contributed by atoms with van der Waals surface area (Å²) in [5.74, 6) is 0.295. The highest BCUT2D eigenvalue weighted by molar-refractivity contribution is 6.13. The summed E-state index contributed by atoms with van der Waals surface area (Å²) in [5, 5.41) is 9.27. The molecule has 4 nitrogen and oxygen atoms in total. The second-order valence-electron chi connectivity index (χ2n) is 3.80. The van der Waals surface area contributed by atoms with Crippen LogP contribution in [0.5, 0.6) is 11.5 Å². The lowest BCUT2D eigenvalue weighted by Gasteiger charge is -2.09. The number of nitrogens with two attached hydrogens (primary N) is 1. The van der Waals surface area contributed by atoms with E-state index in [9.17, 15) is 9.90 Å². The minimum Gasteiger partial charge on any atom is -0.508 e. The lowest BCUT2D eigenvalue weighted by atomic mass is 10.0. The summed E-state index contributed by atoms with van der Waals surface area (Å²) >= 11 is 0. The summed E-state index contributed by atoms with van der Waals surface area (Å²) in [4.78, 5) is 12.3. The second kappa shape index (κ2) is 4.79. The van der Waals surface area contributed by atoms with Gasteiger partial charge in [0.1, 0.15) is 11.5 Å². The number of hydrogen-bond donors (Lipinski definition) is 2. The van der Waals surface area contributed by atoms with E-state index in [4.69, 9.17) is 10.5 Å². The molecule has 0 amide bonds. The standard InChI is InChI=1S/C14H13NO3/c1-18-13-5-3-2-4-11(13)14(17)10-7-6-9(16)8-12(10)15/h2-8,16H,15H2,1H3. The quantitative estimate of drug-likeness (QED) is 0.640. The van der Waals surface area contributed by atoms with Crippen molar-refractivity contribution in [1.82, 2.24) is 0 Å². The van der Waals surface area contributed by atoms with Gasteiger partial charge in [0.05, 0.1) is 12.7 Å². The molecule has 0 fully saturated rings. The molecule has 4 heteroatoms. The van der Waals surface area contributed by atoms with E-state index in [0.29, 0.717) is 16.9 Å². The Hall–Kier alpha value is -2.49. The number of para-hydroxylation sites is 1. The third-order valence-electron chi connectivity index (χ3n) is 2.63. The van der Waals surface area contributed by atoms with Gasteiger partial charge in [0, 0.05) is 17.3 Å². The van der Waals surface area contributed by atoms with Gasteiger partial charge < -0.3 is 15.6 Å². The van der Waals surface area contributed by atoms with Crippen molar-refractivity contribution < 1.29 is 14.6 Å². The maximum Gasteiger partial charge on any atom is 0.198 e. The zero-order valence-electron chi connectivity index (χ0n) is 9.88. The van der Waals surface area contributed by atoms with Gasteiger partial charge in [0.2, 0.25) is 0 Å². The maximum absolute atomic E-state index is 12.3. The summed E-state index contributed by atoms with van der Waals surface area (Å²) in [7, 11) is 1.51. The molecule has 2 rings (SSSR count). The van der Waals surface area contributed by atoms with Gasteiger partial charge in [-0.2, -0.15) is 0 Å². The number of anilines is 1. The van der Waals surface area contributed by atoms with Crippen LogP contribution in [0, 0.1) is 0 Å². The number of phenols is 1. The Morgan fingerprint density at radius 1 is 1.17 bits per heavy atom. The molecule has 0 aliphatic heterocycles. The molecule has 3 N–H and O–H groups in total. The van der Waals surface area contributed by atoms with Crippen molar-refractivity contribution >= 4 is 11.5 Å². The molecule has 0 aliphatic rings. The van der Waals surface area contributed by atoms with E-state index < -0.39 is 0 Å². The Balaban J connectivity index is 2.48. The Morgan fingerprint density at radius 3 is 2.56 bits per heavy atom. The van der Waals surface area contributed by atoms with E-state index in [1.165, 1.54) is 25.3 Å². The molecule has 0 heterocycles. The monoisotopic (exact) mass is 243 g/mol. The van der Waals surface area contributed by atoms with Crippen LogP contribution in [-0.4, -0.2) is 18.0 Å². The van der Waals surface area contributed by atoms with Gasteiger partial charge in [-0.1, -0.05) is 12.1 Å². The Labute approximate surface area is 105 Å². The molecule has 0 radical (unpaired) electrons. The van der Waals surface area contributed by atoms with Crippen LogP contribution in [0.2, 0.25) is 0 Å². The molecule has 0 aliphatic carbocycles. The van der Waals surface area contributed by atoms with Crippen LogP contribution in [0.25, 0.3) is 0 Å². The molecule has 0 spiro atoms. The molecule has 0 bridgehead atoms. The molecule has 0 unspecified atom stereocenters. The number of phenolic OH excluding ortho intramolecular Hbond substituents is 1. The summed E-state index contributed by atoms with van der Waals surface area (Å²) in [5.41, 5.74) is 6.76. The number of nitrogen functional groups attached to an aromatic ring is 1. The smallest absolute Gasteiger partial charge is 0.198 e. The predicted octanol–water partition coefficient (Wildman–Crippen LogP) is 2.21. The van der Waals surface area contributed by atoms with Gasteiger partial charge in [0.25, 0.3) is 0 Å². The van der Waals surface area contributed by atoms with Crippen molar-refractivity contribution in [1.29, 1.82) is 0 Å². The van der Waals surface area contributed by atoms with Crippen molar-refractivity contribution in [3.8, 4) is 11.5 Å². The number of benzene rings is 2. The van der Waals surface area contributed by atoms with Gasteiger partial charge >= 0.3 is 0 Å². The first-order valence-corrected chi connectivity index (χ1v) is 5.39. The summed E-state index contributed by atoms with van der Waals surface area (Å²) in [6.45, 7) is 0. The predicted molar refractivity (Wildman–Crippen MR) is 68.9 cm³/mol. The number of carbonyl (C=O) groups excluding carboxylic acids is 1. The van der Waals surface area contributed by atoms with Gasteiger partial charge in [-0.25, -0.2) is 0 Å². The second-order valence-corrected chi connectivity index (χ2v) is 3.80. The largest absolute Gasteiger partial charge is 0.508 e. The Bertz CT molecular complexity index is 593. The first-order valence-electron chi connectivity index (χ1n) is 5.39. The molecular weight excluding hydrogens is 230 g/mol. The third-order valence-corrected chi connectivity index (χ3v) is 2.63. The van der Waals surface area contributed by atoms with Gasteiger partial charge in [-0.05, 0) is 24.3 Å². The summed E-state index contributed by atoms with van der Waals surface area (Å²) < 4.78 is 5.14. The van der Waals surface area contributed by atoms with Crippen molar-refractivity contribution in [2.75, 3.05) is 12.8 Å². The molecule has 18 heavy (non-hydrogen) atoms. The fraction of sp³-hybridized carbons (Fsp3) is 0.0714. The van der Waals surface area contributed by atoms with Crippen LogP contribution in [0.3, 0.4) is 0 Å². The highest BCUT2D eigenvalue weighted by Gasteiger charge is 2.16. The van der Waals surface area contributed by atoms with E-state index in [1.807, 2.05) is 0 Å². The highest BCUT2D eigenvalue weighted by atomic mass is 16.5. The average molecular weight is 243 g/mol. The molecule has 92 valence electrons. The first-order chi connectivity index (χ1) is 8.63. The highest BCUT2D eigenvalue weighted by Crippen LogP contribution is 2.25. The normalized spacial score (nSPS) is 10.1. The molecule has 2 aromatic carbocycles. The van der Waals surface area contributed by atoms with Crippen molar-refractivity contribution in [2.45, 2.75) is 0 Å². The van der Waals surface area contributed by atoms with Crippen LogP contribution < -0.4 is 10.5 Å². The van der Waals surface area contributed by atoms with Gasteiger partial charge in [-0.3, -0.25) is 4.79 Å². The van der Waals surface area contributed by atoms with Crippen LogP contribution in [0.4, 0.5) is 5.69 Å². The Kier molecular flexibility index (Phi) is 3.19. The van der Waals surface area contributed by atoms with Crippen LogP contribution >= 0.6 is 0 Å². The van der Waals surface area contributed by atoms with Gasteiger partial charge in [-0.15, -0.1) is 0 Å². The van der Waals surface area contributed by atoms with Crippen LogP contribution in [-0.2, 0) is 0 Å². The van der Waals surface area contributed by atoms with E-state index in [1.54, 1.807) is 24.3 Å². The Morgan fingerprint density at radius 2 is 1.89 bits per heavy atom. The minimum atomic E-state index is -0.232. The van der Waals surface area contributed by atoms with Crippen LogP contribution in [0.1, 0.15) is 15.9 Å². The van der Waals surface area contributed by atoms with Crippen LogP contribution in [0.15, 0.2) is 42.5 Å². The number of methoxy groups -OCH3 is 1. The van der Waals surface area contributed by atoms with Gasteiger partial charge in [0.15, 0.2) is 5.78 Å². The summed E-state index contributed by atoms with van der Waals surface area (Å²) in [6.07, 6.45) is 0. The molecule has 0 aromatic heterocycles. The molecule has 0 saturated heterocycles. The van der Waals surface area contributed by atoms with Crippen molar-refractivity contribution in [3.63, 3.8) is 0 Å². The molecule has 0 saturated carbocycles. The topological polar surface area (TPSA) is 72.5 Å². The minimum absolute atomic E-state index is 0.0316. The fourth-order valence-corrected chi connectivity index (χ4v) is 1.73. The molecular formula is C14H13NO3. The number of carbonyl (C=O) groups is 1. The first kappa shape index (κ1) is 12.0. The van der Waals surface area contributed by atoms with E-state index >= 15 is 0 Å². The zero-order valence-corrected chi connectivity index (χ0v) is 9.88. The third kappa shape index (κ3) is 2.13. The molecule has 2 aromatic rings. The fourth-order valence-electron chi connectivity index (χ4n) is 1.73. The lowest BCUT2D eigenvalue weighted by molar-refractivity contribution is 0.103. The number of ketones is 1. The lowest BCUT2D eigenvalue weighted by Crippen LogP contribution is -2.06. The van der Waals surface area contributed by atoms with E-state index in [2.05, 4.69) is 0 Å². The van der Waals surface area contributed by atoms with Crippen molar-refractivity contribution in [2.24, 2.45) is 0 Å². The number of rotatable bonds is 3. The molecule has 0 atom stereocenters. The van der Waals surface area contributed by atoms with Crippen molar-refractivity contribution in [3.05, 3.63) is 53.6 Å².